The molecule has 0 unspecified atom stereocenters. The lowest BCUT2D eigenvalue weighted by atomic mass is 10.2. The zero-order valence-corrected chi connectivity index (χ0v) is 8.92. The molecule has 0 amide bonds. The molecule has 0 aliphatic carbocycles. The molecule has 0 radical (unpaired) electrons. The average molecular weight is 261 g/mol. The molecule has 1 aromatic carbocycles. The third kappa shape index (κ3) is 1.41. The highest BCUT2D eigenvalue weighted by Gasteiger charge is 2.16. The first-order chi connectivity index (χ1) is 6.59. The smallest absolute Gasteiger partial charge is 0.267 e. The van der Waals surface area contributed by atoms with E-state index in [4.69, 9.17) is 0 Å². The number of hydrogen-bond donors (Lipinski definition) is 0. The summed E-state index contributed by atoms with van der Waals surface area (Å²) >= 11 is 3.24. The highest BCUT2D eigenvalue weighted by molar-refractivity contribution is 9.10. The van der Waals surface area contributed by atoms with Crippen LogP contribution < -0.4 is 0 Å². The second-order valence-corrected chi connectivity index (χ2v) is 3.89. The Balaban J connectivity index is 2.79. The van der Waals surface area contributed by atoms with Gasteiger partial charge >= 0.3 is 0 Å². The van der Waals surface area contributed by atoms with Crippen molar-refractivity contribution in [3.63, 3.8) is 0 Å². The maximum absolute atomic E-state index is 12.6. The summed E-state index contributed by atoms with van der Waals surface area (Å²) in [6.45, 7) is 0. The van der Waals surface area contributed by atoms with E-state index in [1.165, 1.54) is 4.68 Å². The van der Waals surface area contributed by atoms with E-state index < -0.39 is 6.43 Å². The molecule has 5 heteroatoms. The molecule has 1 aromatic heterocycles. The lowest BCUT2D eigenvalue weighted by Gasteiger charge is -1.95. The summed E-state index contributed by atoms with van der Waals surface area (Å²) in [6.07, 6.45) is -2.53. The van der Waals surface area contributed by atoms with Crippen LogP contribution in [0.2, 0.25) is 0 Å². The fourth-order valence-corrected chi connectivity index (χ4v) is 1.79. The Bertz CT molecular complexity index is 479. The van der Waals surface area contributed by atoms with Gasteiger partial charge in [0.15, 0.2) is 0 Å². The van der Waals surface area contributed by atoms with E-state index in [0.717, 1.165) is 4.47 Å². The summed E-state index contributed by atoms with van der Waals surface area (Å²) in [7, 11) is 1.65. The molecular weight excluding hydrogens is 254 g/mol. The number of hydrogen-bond acceptors (Lipinski definition) is 1. The predicted octanol–water partition coefficient (Wildman–Crippen LogP) is 3.27. The van der Waals surface area contributed by atoms with Gasteiger partial charge in [-0.1, -0.05) is 15.9 Å². The van der Waals surface area contributed by atoms with Crippen molar-refractivity contribution in [1.29, 1.82) is 0 Å². The number of nitrogens with zero attached hydrogens (tertiary/aromatic N) is 2. The molecule has 0 N–H and O–H groups in total. The molecule has 0 aliphatic heterocycles. The van der Waals surface area contributed by atoms with Gasteiger partial charge < -0.3 is 0 Å². The maximum atomic E-state index is 12.6. The van der Waals surface area contributed by atoms with Crippen molar-refractivity contribution in [3.8, 4) is 0 Å². The van der Waals surface area contributed by atoms with E-state index in [1.807, 2.05) is 0 Å². The first kappa shape index (κ1) is 9.58. The van der Waals surface area contributed by atoms with Crippen LogP contribution in [0.15, 0.2) is 22.7 Å². The number of rotatable bonds is 1. The average Bonchev–Trinajstić information content (AvgIpc) is 2.43. The van der Waals surface area contributed by atoms with Gasteiger partial charge in [-0.25, -0.2) is 8.78 Å². The summed E-state index contributed by atoms with van der Waals surface area (Å²) in [4.78, 5) is 0. The monoisotopic (exact) mass is 260 g/mol. The number of aromatic nitrogens is 2. The zero-order chi connectivity index (χ0) is 10.3. The maximum Gasteiger partial charge on any atom is 0.282 e. The fourth-order valence-electron chi connectivity index (χ4n) is 1.43. The molecular formula is C9H7BrF2N2. The van der Waals surface area contributed by atoms with Gasteiger partial charge in [-0.05, 0) is 18.2 Å². The van der Waals surface area contributed by atoms with Crippen LogP contribution in [0.25, 0.3) is 10.9 Å². The van der Waals surface area contributed by atoms with Crippen molar-refractivity contribution < 1.29 is 8.78 Å². The molecule has 0 spiro atoms. The molecule has 0 aliphatic rings. The van der Waals surface area contributed by atoms with Gasteiger partial charge in [0, 0.05) is 16.9 Å². The second kappa shape index (κ2) is 3.31. The molecule has 1 heterocycles. The Labute approximate surface area is 87.6 Å². The number of halogens is 3. The van der Waals surface area contributed by atoms with Crippen molar-refractivity contribution in [1.82, 2.24) is 9.78 Å². The molecule has 74 valence electrons. The molecule has 2 rings (SSSR count). The van der Waals surface area contributed by atoms with Crippen LogP contribution in [0.5, 0.6) is 0 Å². The van der Waals surface area contributed by atoms with Crippen molar-refractivity contribution in [2.24, 2.45) is 7.05 Å². The Morgan fingerprint density at radius 2 is 2.14 bits per heavy atom. The minimum Gasteiger partial charge on any atom is -0.267 e. The van der Waals surface area contributed by atoms with Gasteiger partial charge in [-0.15, -0.1) is 0 Å². The standard InChI is InChI=1S/C9H7BrF2N2/c1-14-7-3-2-5(10)4-6(7)8(13-14)9(11)12/h2-4,9H,1H3. The van der Waals surface area contributed by atoms with E-state index >= 15 is 0 Å². The third-order valence-corrected chi connectivity index (χ3v) is 2.54. The summed E-state index contributed by atoms with van der Waals surface area (Å²) < 4.78 is 27.3. The van der Waals surface area contributed by atoms with E-state index in [9.17, 15) is 8.78 Å². The van der Waals surface area contributed by atoms with Crippen molar-refractivity contribution in [2.45, 2.75) is 6.43 Å². The highest BCUT2D eigenvalue weighted by Crippen LogP contribution is 2.28. The van der Waals surface area contributed by atoms with Crippen molar-refractivity contribution in [3.05, 3.63) is 28.4 Å². The fraction of sp³-hybridized carbons (Fsp3) is 0.222. The van der Waals surface area contributed by atoms with E-state index in [-0.39, 0.29) is 5.69 Å². The molecule has 2 aromatic rings. The van der Waals surface area contributed by atoms with Gasteiger partial charge in [0.05, 0.1) is 5.52 Å². The number of alkyl halides is 2. The number of benzene rings is 1. The quantitative estimate of drug-likeness (QED) is 0.770. The molecule has 0 bridgehead atoms. The Kier molecular flexibility index (Phi) is 2.26. The predicted molar refractivity (Wildman–Crippen MR) is 53.4 cm³/mol. The molecule has 2 nitrogen and oxygen atoms in total. The van der Waals surface area contributed by atoms with Gasteiger partial charge in [0.25, 0.3) is 6.43 Å². The number of aryl methyl sites for hydroxylation is 1. The first-order valence-corrected chi connectivity index (χ1v) is 4.79. The molecule has 0 saturated heterocycles. The summed E-state index contributed by atoms with van der Waals surface area (Å²) in [5.41, 5.74) is 0.548. The normalized spacial score (nSPS) is 11.5. The molecule has 0 atom stereocenters. The second-order valence-electron chi connectivity index (χ2n) is 2.97. The van der Waals surface area contributed by atoms with Crippen molar-refractivity contribution >= 4 is 26.8 Å². The lowest BCUT2D eigenvalue weighted by molar-refractivity contribution is 0.147. The van der Waals surface area contributed by atoms with Crippen LogP contribution in [-0.4, -0.2) is 9.78 Å². The van der Waals surface area contributed by atoms with Crippen LogP contribution in [0.1, 0.15) is 12.1 Å². The lowest BCUT2D eigenvalue weighted by Crippen LogP contribution is -1.91. The third-order valence-electron chi connectivity index (χ3n) is 2.05. The summed E-state index contributed by atoms with van der Waals surface area (Å²) in [6, 6.07) is 5.22. The summed E-state index contributed by atoms with van der Waals surface area (Å²) in [5, 5.41) is 4.27. The Hall–Kier alpha value is -0.970. The zero-order valence-electron chi connectivity index (χ0n) is 7.34. The highest BCUT2D eigenvalue weighted by atomic mass is 79.9. The topological polar surface area (TPSA) is 17.8 Å². The van der Waals surface area contributed by atoms with Gasteiger partial charge in [-0.2, -0.15) is 5.10 Å². The van der Waals surface area contributed by atoms with E-state index in [2.05, 4.69) is 21.0 Å². The SMILES string of the molecule is Cn1nc(C(F)F)c2cc(Br)ccc21. The Morgan fingerprint density at radius 3 is 2.79 bits per heavy atom. The molecule has 0 saturated carbocycles. The van der Waals surface area contributed by atoms with Gasteiger partial charge in [-0.3, -0.25) is 4.68 Å². The van der Waals surface area contributed by atoms with Crippen LogP contribution >= 0.6 is 15.9 Å². The van der Waals surface area contributed by atoms with Crippen LogP contribution in [-0.2, 0) is 7.05 Å². The van der Waals surface area contributed by atoms with Crippen LogP contribution in [0, 0.1) is 0 Å². The molecule has 14 heavy (non-hydrogen) atoms. The minimum absolute atomic E-state index is 0.163. The van der Waals surface area contributed by atoms with E-state index in [1.54, 1.807) is 25.2 Å². The largest absolute Gasteiger partial charge is 0.282 e. The summed E-state index contributed by atoms with van der Waals surface area (Å²) in [5.74, 6) is 0. The van der Waals surface area contributed by atoms with Gasteiger partial charge in [0.2, 0.25) is 0 Å². The molecule has 0 fully saturated rings. The van der Waals surface area contributed by atoms with E-state index in [0.29, 0.717) is 10.9 Å². The minimum atomic E-state index is -2.53. The van der Waals surface area contributed by atoms with Crippen LogP contribution in [0.4, 0.5) is 8.78 Å². The van der Waals surface area contributed by atoms with Crippen molar-refractivity contribution in [2.75, 3.05) is 0 Å². The van der Waals surface area contributed by atoms with Gasteiger partial charge in [0.1, 0.15) is 5.69 Å². The Morgan fingerprint density at radius 1 is 1.43 bits per heavy atom. The number of fused-ring (bicyclic) bond motifs is 1. The van der Waals surface area contributed by atoms with Crippen LogP contribution in [0.3, 0.4) is 0 Å². The first-order valence-electron chi connectivity index (χ1n) is 4.00.